The third-order valence-corrected chi connectivity index (χ3v) is 2.29. The highest BCUT2D eigenvalue weighted by Gasteiger charge is 2.11. The second-order valence-electron chi connectivity index (χ2n) is 3.26. The smallest absolute Gasteiger partial charge is 0.322 e. The minimum atomic E-state index is -0.311. The van der Waals surface area contributed by atoms with Gasteiger partial charge in [0.1, 0.15) is 6.04 Å². The summed E-state index contributed by atoms with van der Waals surface area (Å²) in [4.78, 5) is 11.1. The van der Waals surface area contributed by atoms with Crippen molar-refractivity contribution in [2.45, 2.75) is 19.5 Å². The summed E-state index contributed by atoms with van der Waals surface area (Å²) in [7, 11) is 1.37. The first-order valence-electron chi connectivity index (χ1n) is 4.69. The zero-order valence-electron chi connectivity index (χ0n) is 8.79. The lowest BCUT2D eigenvalue weighted by molar-refractivity contribution is -0.142. The van der Waals surface area contributed by atoms with E-state index >= 15 is 0 Å². The molecule has 0 fully saturated rings. The van der Waals surface area contributed by atoms with E-state index in [1.54, 1.807) is 6.92 Å². The molecule has 0 aliphatic carbocycles. The molecule has 3 nitrogen and oxygen atoms in total. The number of methoxy groups -OCH3 is 1. The Hall–Kier alpha value is -1.06. The molecule has 4 heteroatoms. The lowest BCUT2D eigenvalue weighted by atomic mass is 10.2. The molecule has 0 aromatic heterocycles. The Bertz CT molecular complexity index is 341. The normalized spacial score (nSPS) is 12.2. The van der Waals surface area contributed by atoms with Crippen molar-refractivity contribution < 1.29 is 9.53 Å². The minimum Gasteiger partial charge on any atom is -0.468 e. The quantitative estimate of drug-likeness (QED) is 0.800. The molecule has 0 saturated heterocycles. The summed E-state index contributed by atoms with van der Waals surface area (Å²) < 4.78 is 4.60. The third kappa shape index (κ3) is 3.90. The van der Waals surface area contributed by atoms with E-state index in [2.05, 4.69) is 10.1 Å². The number of hydrogen-bond acceptors (Lipinski definition) is 3. The number of hydrogen-bond donors (Lipinski definition) is 1. The van der Waals surface area contributed by atoms with Crippen molar-refractivity contribution in [2.24, 2.45) is 0 Å². The van der Waals surface area contributed by atoms with Crippen molar-refractivity contribution >= 4 is 17.6 Å². The predicted molar refractivity (Wildman–Crippen MR) is 59.8 cm³/mol. The van der Waals surface area contributed by atoms with Crippen molar-refractivity contribution in [3.05, 3.63) is 34.9 Å². The van der Waals surface area contributed by atoms with E-state index in [-0.39, 0.29) is 12.0 Å². The van der Waals surface area contributed by atoms with Crippen molar-refractivity contribution in [1.29, 1.82) is 0 Å². The molecule has 15 heavy (non-hydrogen) atoms. The van der Waals surface area contributed by atoms with E-state index in [1.165, 1.54) is 7.11 Å². The summed E-state index contributed by atoms with van der Waals surface area (Å²) in [5.41, 5.74) is 1.04. The molecule has 1 aromatic rings. The first kappa shape index (κ1) is 12.0. The molecule has 0 bridgehead atoms. The number of benzene rings is 1. The molecule has 0 radical (unpaired) electrons. The Morgan fingerprint density at radius 2 is 2.33 bits per heavy atom. The van der Waals surface area contributed by atoms with Crippen LogP contribution in [0.5, 0.6) is 0 Å². The topological polar surface area (TPSA) is 38.3 Å². The van der Waals surface area contributed by atoms with Gasteiger partial charge in [0.15, 0.2) is 0 Å². The fourth-order valence-electron chi connectivity index (χ4n) is 1.18. The molecular weight excluding hydrogens is 214 g/mol. The van der Waals surface area contributed by atoms with Crippen LogP contribution in [0.25, 0.3) is 0 Å². The summed E-state index contributed by atoms with van der Waals surface area (Å²) in [6.07, 6.45) is 0. The van der Waals surface area contributed by atoms with Gasteiger partial charge in [0.05, 0.1) is 7.11 Å². The van der Waals surface area contributed by atoms with Crippen LogP contribution in [0.2, 0.25) is 5.02 Å². The number of nitrogens with one attached hydrogen (secondary N) is 1. The van der Waals surface area contributed by atoms with E-state index in [9.17, 15) is 4.79 Å². The molecule has 0 amide bonds. The molecule has 0 saturated carbocycles. The maximum Gasteiger partial charge on any atom is 0.322 e. The van der Waals surface area contributed by atoms with Crippen LogP contribution >= 0.6 is 11.6 Å². The molecule has 0 heterocycles. The molecule has 0 unspecified atom stereocenters. The molecule has 1 N–H and O–H groups in total. The second-order valence-corrected chi connectivity index (χ2v) is 3.69. The van der Waals surface area contributed by atoms with E-state index in [0.717, 1.165) is 5.56 Å². The summed E-state index contributed by atoms with van der Waals surface area (Å²) in [5, 5.41) is 3.74. The molecule has 1 rings (SSSR count). The second kappa shape index (κ2) is 5.73. The van der Waals surface area contributed by atoms with Gasteiger partial charge < -0.3 is 10.1 Å². The number of halogens is 1. The Morgan fingerprint density at radius 1 is 1.60 bits per heavy atom. The average molecular weight is 228 g/mol. The van der Waals surface area contributed by atoms with Crippen molar-refractivity contribution in [2.75, 3.05) is 7.11 Å². The first-order chi connectivity index (χ1) is 7.13. The number of esters is 1. The highest BCUT2D eigenvalue weighted by Crippen LogP contribution is 2.10. The van der Waals surface area contributed by atoms with Crippen LogP contribution in [0.4, 0.5) is 0 Å². The Morgan fingerprint density at radius 3 is 2.93 bits per heavy atom. The van der Waals surface area contributed by atoms with Crippen LogP contribution in [0.1, 0.15) is 12.5 Å². The fraction of sp³-hybridized carbons (Fsp3) is 0.364. The molecule has 0 spiro atoms. The van der Waals surface area contributed by atoms with Gasteiger partial charge in [-0.3, -0.25) is 4.79 Å². The predicted octanol–water partition coefficient (Wildman–Crippen LogP) is 1.99. The van der Waals surface area contributed by atoms with Crippen molar-refractivity contribution in [3.63, 3.8) is 0 Å². The Labute approximate surface area is 94.4 Å². The number of rotatable bonds is 4. The SMILES string of the molecule is COC(=O)[C@H](C)NCc1cccc(Cl)c1. The fourth-order valence-corrected chi connectivity index (χ4v) is 1.39. The van der Waals surface area contributed by atoms with Gasteiger partial charge in [0, 0.05) is 11.6 Å². The third-order valence-electron chi connectivity index (χ3n) is 2.06. The summed E-state index contributed by atoms with van der Waals surface area (Å²) in [5.74, 6) is -0.267. The van der Waals surface area contributed by atoms with E-state index < -0.39 is 0 Å². The Kier molecular flexibility index (Phi) is 4.59. The number of carbonyl (C=O) groups is 1. The molecule has 0 aliphatic rings. The number of carbonyl (C=O) groups excluding carboxylic acids is 1. The number of ether oxygens (including phenoxy) is 1. The average Bonchev–Trinajstić information content (AvgIpc) is 2.25. The van der Waals surface area contributed by atoms with Crippen LogP contribution in [0, 0.1) is 0 Å². The largest absolute Gasteiger partial charge is 0.468 e. The van der Waals surface area contributed by atoms with E-state index in [4.69, 9.17) is 11.6 Å². The van der Waals surface area contributed by atoms with E-state index in [1.807, 2.05) is 24.3 Å². The monoisotopic (exact) mass is 227 g/mol. The highest BCUT2D eigenvalue weighted by atomic mass is 35.5. The van der Waals surface area contributed by atoms with Crippen LogP contribution in [-0.4, -0.2) is 19.1 Å². The van der Waals surface area contributed by atoms with Crippen LogP contribution in [-0.2, 0) is 16.1 Å². The lowest BCUT2D eigenvalue weighted by Crippen LogP contribution is -2.34. The van der Waals surface area contributed by atoms with Crippen LogP contribution in [0.3, 0.4) is 0 Å². The van der Waals surface area contributed by atoms with Crippen LogP contribution < -0.4 is 5.32 Å². The minimum absolute atomic E-state index is 0.267. The highest BCUT2D eigenvalue weighted by molar-refractivity contribution is 6.30. The van der Waals surface area contributed by atoms with Crippen molar-refractivity contribution in [1.82, 2.24) is 5.32 Å². The van der Waals surface area contributed by atoms with Gasteiger partial charge in [-0.15, -0.1) is 0 Å². The summed E-state index contributed by atoms with van der Waals surface area (Å²) >= 11 is 5.83. The first-order valence-corrected chi connectivity index (χ1v) is 5.07. The summed E-state index contributed by atoms with van der Waals surface area (Å²) in [6.45, 7) is 2.35. The van der Waals surface area contributed by atoms with Crippen LogP contribution in [0.15, 0.2) is 24.3 Å². The zero-order chi connectivity index (χ0) is 11.3. The lowest BCUT2D eigenvalue weighted by Gasteiger charge is -2.11. The van der Waals surface area contributed by atoms with Gasteiger partial charge in [0.2, 0.25) is 0 Å². The van der Waals surface area contributed by atoms with Gasteiger partial charge in [0.25, 0.3) is 0 Å². The Balaban J connectivity index is 2.47. The van der Waals surface area contributed by atoms with E-state index in [0.29, 0.717) is 11.6 Å². The standard InChI is InChI=1S/C11H14ClNO2/c1-8(11(14)15-2)13-7-9-4-3-5-10(12)6-9/h3-6,8,13H,7H2,1-2H3/t8-/m0/s1. The van der Waals surface area contributed by atoms with Crippen molar-refractivity contribution in [3.8, 4) is 0 Å². The van der Waals surface area contributed by atoms with Gasteiger partial charge in [-0.25, -0.2) is 0 Å². The summed E-state index contributed by atoms with van der Waals surface area (Å²) in [6, 6.07) is 7.19. The van der Waals surface area contributed by atoms with Gasteiger partial charge in [-0.2, -0.15) is 0 Å². The van der Waals surface area contributed by atoms with Gasteiger partial charge in [-0.1, -0.05) is 23.7 Å². The molecule has 1 atom stereocenters. The molecule has 0 aliphatic heterocycles. The maximum absolute atomic E-state index is 11.1. The maximum atomic E-state index is 11.1. The van der Waals surface area contributed by atoms with Gasteiger partial charge >= 0.3 is 5.97 Å². The molecular formula is C11H14ClNO2. The molecule has 82 valence electrons. The molecule has 1 aromatic carbocycles. The zero-order valence-corrected chi connectivity index (χ0v) is 9.54. The van der Waals surface area contributed by atoms with Gasteiger partial charge in [-0.05, 0) is 24.6 Å².